The molecule has 29 heavy (non-hydrogen) atoms. The van der Waals surface area contributed by atoms with Gasteiger partial charge in [0.25, 0.3) is 5.91 Å². The SMILES string of the molecule is N#CCc1ccc(NC(=O)C[NH+]2CCN(S(=O)(=O)c3ccc(F)cc3)CC2)cc1. The van der Waals surface area contributed by atoms with E-state index in [0.29, 0.717) is 38.3 Å². The standard InChI is InChI=1S/C20H21FN4O3S/c21-17-3-7-19(8-4-17)29(27,28)25-13-11-24(12-14-25)15-20(26)23-18-5-1-16(2-6-18)9-10-22/h1-8H,9,11-15H2,(H,23,26)/p+1. The van der Waals surface area contributed by atoms with Gasteiger partial charge < -0.3 is 10.2 Å². The number of benzene rings is 2. The molecule has 0 saturated carbocycles. The molecule has 0 radical (unpaired) electrons. The summed E-state index contributed by atoms with van der Waals surface area (Å²) in [6.45, 7) is 1.85. The summed E-state index contributed by atoms with van der Waals surface area (Å²) in [7, 11) is -3.66. The summed E-state index contributed by atoms with van der Waals surface area (Å²) < 4.78 is 39.7. The van der Waals surface area contributed by atoms with Crippen LogP contribution < -0.4 is 10.2 Å². The Labute approximate surface area is 169 Å². The average Bonchev–Trinajstić information content (AvgIpc) is 2.70. The Morgan fingerprint density at radius 1 is 1.10 bits per heavy atom. The van der Waals surface area contributed by atoms with Gasteiger partial charge >= 0.3 is 0 Å². The number of anilines is 1. The number of hydrogen-bond donors (Lipinski definition) is 2. The van der Waals surface area contributed by atoms with E-state index in [2.05, 4.69) is 11.4 Å². The summed E-state index contributed by atoms with van der Waals surface area (Å²) in [6.07, 6.45) is 0.323. The Kier molecular flexibility index (Phi) is 6.59. The normalized spacial score (nSPS) is 15.6. The van der Waals surface area contributed by atoms with Gasteiger partial charge in [-0.1, -0.05) is 12.1 Å². The molecular weight excluding hydrogens is 395 g/mol. The monoisotopic (exact) mass is 417 g/mol. The number of halogens is 1. The van der Waals surface area contributed by atoms with Crippen LogP contribution in [-0.4, -0.2) is 51.4 Å². The van der Waals surface area contributed by atoms with E-state index in [4.69, 9.17) is 5.26 Å². The highest BCUT2D eigenvalue weighted by Gasteiger charge is 2.31. The lowest BCUT2D eigenvalue weighted by atomic mass is 10.1. The molecule has 7 nitrogen and oxygen atoms in total. The highest BCUT2D eigenvalue weighted by Crippen LogP contribution is 2.16. The maximum atomic E-state index is 13.0. The van der Waals surface area contributed by atoms with Crippen LogP contribution in [0.1, 0.15) is 5.56 Å². The number of rotatable bonds is 6. The van der Waals surface area contributed by atoms with Crippen molar-refractivity contribution in [1.29, 1.82) is 5.26 Å². The number of sulfonamides is 1. The van der Waals surface area contributed by atoms with Crippen molar-refractivity contribution in [3.63, 3.8) is 0 Å². The Bertz CT molecular complexity index is 994. The Balaban J connectivity index is 1.51. The molecule has 0 aromatic heterocycles. The fourth-order valence-electron chi connectivity index (χ4n) is 3.20. The molecule has 1 amide bonds. The van der Waals surface area contributed by atoms with Crippen molar-refractivity contribution in [3.05, 3.63) is 59.9 Å². The third-order valence-corrected chi connectivity index (χ3v) is 6.73. The molecule has 1 aliphatic rings. The maximum absolute atomic E-state index is 13.0. The minimum atomic E-state index is -3.66. The molecule has 0 spiro atoms. The molecule has 2 N–H and O–H groups in total. The van der Waals surface area contributed by atoms with Crippen LogP contribution >= 0.6 is 0 Å². The summed E-state index contributed by atoms with van der Waals surface area (Å²) in [5, 5.41) is 11.5. The van der Waals surface area contributed by atoms with Crippen molar-refractivity contribution in [2.45, 2.75) is 11.3 Å². The number of carbonyl (C=O) groups is 1. The third-order valence-electron chi connectivity index (χ3n) is 4.81. The molecular formula is C20H22FN4O3S+. The molecule has 1 saturated heterocycles. The molecule has 1 heterocycles. The number of piperazine rings is 1. The van der Waals surface area contributed by atoms with Gasteiger partial charge in [-0.25, -0.2) is 12.8 Å². The lowest BCUT2D eigenvalue weighted by Gasteiger charge is -2.31. The second-order valence-corrected chi connectivity index (χ2v) is 8.80. The van der Waals surface area contributed by atoms with Crippen molar-refractivity contribution >= 4 is 21.6 Å². The Morgan fingerprint density at radius 3 is 2.31 bits per heavy atom. The number of hydrogen-bond acceptors (Lipinski definition) is 4. The predicted octanol–water partition coefficient (Wildman–Crippen LogP) is 0.420. The zero-order chi connectivity index (χ0) is 20.9. The third kappa shape index (κ3) is 5.38. The van der Waals surface area contributed by atoms with Crippen molar-refractivity contribution in [1.82, 2.24) is 4.31 Å². The number of carbonyl (C=O) groups excluding carboxylic acids is 1. The van der Waals surface area contributed by atoms with E-state index in [1.165, 1.54) is 16.4 Å². The van der Waals surface area contributed by atoms with Gasteiger partial charge in [-0.3, -0.25) is 4.79 Å². The summed E-state index contributed by atoms with van der Waals surface area (Å²) in [5.41, 5.74) is 1.54. The zero-order valence-corrected chi connectivity index (χ0v) is 16.6. The van der Waals surface area contributed by atoms with Gasteiger partial charge in [0.2, 0.25) is 10.0 Å². The zero-order valence-electron chi connectivity index (χ0n) is 15.8. The first-order valence-corrected chi connectivity index (χ1v) is 10.7. The summed E-state index contributed by atoms with van der Waals surface area (Å²) in [6, 6.07) is 14.0. The molecule has 3 rings (SSSR count). The fourth-order valence-corrected chi connectivity index (χ4v) is 4.65. The number of nitrogens with one attached hydrogen (secondary N) is 2. The molecule has 9 heteroatoms. The van der Waals surface area contributed by atoms with Gasteiger partial charge in [-0.2, -0.15) is 9.57 Å². The molecule has 0 bridgehead atoms. The van der Waals surface area contributed by atoms with Gasteiger partial charge in [-0.05, 0) is 42.0 Å². The van der Waals surface area contributed by atoms with Gasteiger partial charge in [-0.15, -0.1) is 0 Å². The van der Waals surface area contributed by atoms with Crippen LogP contribution in [0.15, 0.2) is 53.4 Å². The summed E-state index contributed by atoms with van der Waals surface area (Å²) >= 11 is 0. The fraction of sp³-hybridized carbons (Fsp3) is 0.300. The van der Waals surface area contributed by atoms with E-state index in [1.807, 2.05) is 0 Å². The van der Waals surface area contributed by atoms with Gasteiger partial charge in [0.05, 0.1) is 43.6 Å². The minimum absolute atomic E-state index is 0.0694. The molecule has 1 fully saturated rings. The Morgan fingerprint density at radius 2 is 1.72 bits per heavy atom. The van der Waals surface area contributed by atoms with Crippen LogP contribution in [0, 0.1) is 17.1 Å². The largest absolute Gasteiger partial charge is 0.325 e. The van der Waals surface area contributed by atoms with Gasteiger partial charge in [0.1, 0.15) is 5.82 Å². The minimum Gasteiger partial charge on any atom is -0.325 e. The quantitative estimate of drug-likeness (QED) is 0.712. The van der Waals surface area contributed by atoms with Crippen LogP contribution in [0.5, 0.6) is 0 Å². The van der Waals surface area contributed by atoms with Crippen LogP contribution in [0.4, 0.5) is 10.1 Å². The smallest absolute Gasteiger partial charge is 0.279 e. The lowest BCUT2D eigenvalue weighted by molar-refractivity contribution is -0.895. The van der Waals surface area contributed by atoms with Gasteiger partial charge in [0.15, 0.2) is 6.54 Å². The molecule has 0 atom stereocenters. The topological polar surface area (TPSA) is 94.7 Å². The second-order valence-electron chi connectivity index (χ2n) is 6.86. The van der Waals surface area contributed by atoms with Crippen molar-refractivity contribution < 1.29 is 22.5 Å². The lowest BCUT2D eigenvalue weighted by Crippen LogP contribution is -3.15. The van der Waals surface area contributed by atoms with Crippen molar-refractivity contribution in [3.8, 4) is 6.07 Å². The summed E-state index contributed by atoms with van der Waals surface area (Å²) in [4.78, 5) is 13.3. The number of quaternary nitrogens is 1. The summed E-state index contributed by atoms with van der Waals surface area (Å²) in [5.74, 6) is -0.633. The predicted molar refractivity (Wildman–Crippen MR) is 105 cm³/mol. The Hall–Kier alpha value is -2.80. The van der Waals surface area contributed by atoms with Crippen LogP contribution in [0.25, 0.3) is 0 Å². The first-order chi connectivity index (χ1) is 13.9. The molecule has 2 aromatic carbocycles. The second kappa shape index (κ2) is 9.13. The van der Waals surface area contributed by atoms with Crippen molar-refractivity contribution in [2.75, 3.05) is 38.0 Å². The van der Waals surface area contributed by atoms with E-state index >= 15 is 0 Å². The van der Waals surface area contributed by atoms with Crippen LogP contribution in [0.2, 0.25) is 0 Å². The van der Waals surface area contributed by atoms with E-state index in [1.54, 1.807) is 24.3 Å². The maximum Gasteiger partial charge on any atom is 0.279 e. The van der Waals surface area contributed by atoms with Crippen LogP contribution in [-0.2, 0) is 21.2 Å². The number of nitriles is 1. The molecule has 0 aliphatic carbocycles. The van der Waals surface area contributed by atoms with Crippen molar-refractivity contribution in [2.24, 2.45) is 0 Å². The van der Waals surface area contributed by atoms with Gasteiger partial charge in [0, 0.05) is 5.69 Å². The highest BCUT2D eigenvalue weighted by molar-refractivity contribution is 7.89. The molecule has 1 aliphatic heterocycles. The first-order valence-electron chi connectivity index (χ1n) is 9.23. The molecule has 0 unspecified atom stereocenters. The average molecular weight is 417 g/mol. The van der Waals surface area contributed by atoms with E-state index in [0.717, 1.165) is 22.6 Å². The van der Waals surface area contributed by atoms with E-state index in [-0.39, 0.29) is 17.3 Å². The highest BCUT2D eigenvalue weighted by atomic mass is 32.2. The van der Waals surface area contributed by atoms with Crippen LogP contribution in [0.3, 0.4) is 0 Å². The first kappa shape index (κ1) is 20.9. The van der Waals surface area contributed by atoms with E-state index in [9.17, 15) is 17.6 Å². The molecule has 152 valence electrons. The molecule has 2 aromatic rings. The number of nitrogens with zero attached hydrogens (tertiary/aromatic N) is 2. The van der Waals surface area contributed by atoms with E-state index < -0.39 is 15.8 Å². The number of amides is 1.